The van der Waals surface area contributed by atoms with Crippen LogP contribution in [0.3, 0.4) is 0 Å². The van der Waals surface area contributed by atoms with Gasteiger partial charge in [-0.1, -0.05) is 80.1 Å². The largest absolute Gasteiger partial charge is 0.486 e. The molecule has 0 aliphatic carbocycles. The number of fused-ring (bicyclic) bond motifs is 1. The summed E-state index contributed by atoms with van der Waals surface area (Å²) in [6, 6.07) is 23.2. The van der Waals surface area contributed by atoms with Gasteiger partial charge in [-0.15, -0.1) is 0 Å². The molecule has 6 nitrogen and oxygen atoms in total. The van der Waals surface area contributed by atoms with E-state index in [-0.39, 0.29) is 18.2 Å². The van der Waals surface area contributed by atoms with Gasteiger partial charge >= 0.3 is 0 Å². The molecule has 0 radical (unpaired) electrons. The number of ether oxygens (including phenoxy) is 2. The van der Waals surface area contributed by atoms with Crippen LogP contribution in [0.1, 0.15) is 42.5 Å². The molecule has 4 rings (SSSR count). The van der Waals surface area contributed by atoms with Gasteiger partial charge in [0.15, 0.2) is 11.5 Å². The van der Waals surface area contributed by atoms with Gasteiger partial charge < -0.3 is 19.7 Å². The van der Waals surface area contributed by atoms with E-state index in [4.69, 9.17) is 9.47 Å². The normalized spacial score (nSPS) is 13.2. The first kappa shape index (κ1) is 27.2. The van der Waals surface area contributed by atoms with Gasteiger partial charge in [0, 0.05) is 25.9 Å². The van der Waals surface area contributed by atoms with E-state index in [0.29, 0.717) is 50.8 Å². The second kappa shape index (κ2) is 13.1. The molecule has 1 atom stereocenters. The maximum Gasteiger partial charge on any atom is 0.243 e. The molecule has 0 saturated carbocycles. The van der Waals surface area contributed by atoms with E-state index in [9.17, 15) is 9.59 Å². The van der Waals surface area contributed by atoms with Crippen LogP contribution in [0.25, 0.3) is 0 Å². The van der Waals surface area contributed by atoms with Crippen molar-refractivity contribution in [3.63, 3.8) is 0 Å². The molecule has 1 aliphatic rings. The lowest BCUT2D eigenvalue weighted by atomic mass is 10.0. The topological polar surface area (TPSA) is 67.9 Å². The van der Waals surface area contributed by atoms with Gasteiger partial charge in [0.05, 0.1) is 0 Å². The molecule has 0 spiro atoms. The van der Waals surface area contributed by atoms with Crippen LogP contribution in [-0.2, 0) is 29.0 Å². The van der Waals surface area contributed by atoms with Crippen molar-refractivity contribution in [2.75, 3.05) is 19.8 Å². The number of amides is 2. The van der Waals surface area contributed by atoms with Crippen molar-refractivity contribution in [3.05, 3.63) is 95.1 Å². The van der Waals surface area contributed by atoms with E-state index in [1.807, 2.05) is 79.7 Å². The van der Waals surface area contributed by atoms with Crippen LogP contribution < -0.4 is 14.8 Å². The molecule has 0 unspecified atom stereocenters. The molecule has 1 N–H and O–H groups in total. The number of nitrogens with zero attached hydrogens (tertiary/aromatic N) is 1. The van der Waals surface area contributed by atoms with E-state index in [2.05, 4.69) is 19.2 Å². The van der Waals surface area contributed by atoms with Gasteiger partial charge in [0.25, 0.3) is 0 Å². The Balaban J connectivity index is 1.58. The van der Waals surface area contributed by atoms with E-state index in [1.165, 1.54) is 0 Å². The zero-order valence-corrected chi connectivity index (χ0v) is 22.6. The Morgan fingerprint density at radius 1 is 0.868 bits per heavy atom. The molecule has 2 amide bonds. The minimum absolute atomic E-state index is 0.0545. The van der Waals surface area contributed by atoms with Gasteiger partial charge in [0.2, 0.25) is 11.8 Å². The Morgan fingerprint density at radius 2 is 1.55 bits per heavy atom. The van der Waals surface area contributed by atoms with Crippen molar-refractivity contribution in [3.8, 4) is 11.5 Å². The van der Waals surface area contributed by atoms with Crippen LogP contribution in [0.4, 0.5) is 0 Å². The first-order valence-corrected chi connectivity index (χ1v) is 13.4. The SMILES string of the molecule is Cc1ccc(CN(C(=O)CCc2ccc3c(c2)OCCO3)[C@@H](Cc2ccccc2)C(=O)NCC(C)C)cc1. The molecule has 1 aliphatic heterocycles. The minimum Gasteiger partial charge on any atom is -0.486 e. The van der Waals surface area contributed by atoms with E-state index >= 15 is 0 Å². The third-order valence-corrected chi connectivity index (χ3v) is 6.66. The van der Waals surface area contributed by atoms with Crippen molar-refractivity contribution < 1.29 is 19.1 Å². The third-order valence-electron chi connectivity index (χ3n) is 6.66. The summed E-state index contributed by atoms with van der Waals surface area (Å²) in [5.74, 6) is 1.58. The summed E-state index contributed by atoms with van der Waals surface area (Å²) in [5, 5.41) is 3.08. The predicted molar refractivity (Wildman–Crippen MR) is 149 cm³/mol. The Morgan fingerprint density at radius 3 is 2.26 bits per heavy atom. The van der Waals surface area contributed by atoms with Crippen LogP contribution in [0, 0.1) is 12.8 Å². The zero-order chi connectivity index (χ0) is 26.9. The maximum atomic E-state index is 13.8. The molecule has 0 aromatic heterocycles. The van der Waals surface area contributed by atoms with Gasteiger partial charge in [0.1, 0.15) is 19.3 Å². The summed E-state index contributed by atoms with van der Waals surface area (Å²) >= 11 is 0. The van der Waals surface area contributed by atoms with Crippen molar-refractivity contribution in [2.24, 2.45) is 5.92 Å². The molecule has 6 heteroatoms. The molecular formula is C32H38N2O4. The average molecular weight is 515 g/mol. The Labute approximate surface area is 226 Å². The highest BCUT2D eigenvalue weighted by atomic mass is 16.6. The zero-order valence-electron chi connectivity index (χ0n) is 22.6. The van der Waals surface area contributed by atoms with Crippen molar-refractivity contribution in [1.29, 1.82) is 0 Å². The number of benzene rings is 3. The Kier molecular flexibility index (Phi) is 9.41. The number of hydrogen-bond donors (Lipinski definition) is 1. The van der Waals surface area contributed by atoms with Crippen molar-refractivity contribution in [2.45, 2.75) is 52.6 Å². The van der Waals surface area contributed by atoms with Gasteiger partial charge in [-0.3, -0.25) is 9.59 Å². The molecule has 0 bridgehead atoms. The standard InChI is InChI=1S/C32H38N2O4/c1-23(2)21-33-32(36)28(19-25-7-5-4-6-8-25)34(22-27-11-9-24(3)10-12-27)31(35)16-14-26-13-15-29-30(20-26)38-18-17-37-29/h4-13,15,20,23,28H,14,16-19,21-22H2,1-3H3,(H,33,36)/t28-/m0/s1. The minimum atomic E-state index is -0.620. The summed E-state index contributed by atoms with van der Waals surface area (Å²) in [5.41, 5.74) is 4.17. The summed E-state index contributed by atoms with van der Waals surface area (Å²) in [4.78, 5) is 29.1. The highest BCUT2D eigenvalue weighted by molar-refractivity contribution is 5.88. The molecule has 38 heavy (non-hydrogen) atoms. The number of rotatable bonds is 11. The lowest BCUT2D eigenvalue weighted by Gasteiger charge is -2.32. The lowest BCUT2D eigenvalue weighted by Crippen LogP contribution is -2.51. The summed E-state index contributed by atoms with van der Waals surface area (Å²) in [7, 11) is 0. The molecule has 0 saturated heterocycles. The molecule has 1 heterocycles. The molecule has 200 valence electrons. The molecule has 0 fully saturated rings. The Bertz CT molecular complexity index is 1210. The third kappa shape index (κ3) is 7.60. The molecular weight excluding hydrogens is 476 g/mol. The van der Waals surface area contributed by atoms with Gasteiger partial charge in [-0.2, -0.15) is 0 Å². The molecule has 3 aromatic carbocycles. The van der Waals surface area contributed by atoms with Gasteiger partial charge in [-0.25, -0.2) is 0 Å². The monoisotopic (exact) mass is 514 g/mol. The van der Waals surface area contributed by atoms with Crippen LogP contribution in [-0.4, -0.2) is 42.5 Å². The fraction of sp³-hybridized carbons (Fsp3) is 0.375. The first-order chi connectivity index (χ1) is 18.4. The fourth-order valence-corrected chi connectivity index (χ4v) is 4.50. The first-order valence-electron chi connectivity index (χ1n) is 13.4. The number of nitrogens with one attached hydrogen (secondary N) is 1. The summed E-state index contributed by atoms with van der Waals surface area (Å²) < 4.78 is 11.3. The Hall–Kier alpha value is -3.80. The second-order valence-electron chi connectivity index (χ2n) is 10.3. The van der Waals surface area contributed by atoms with Crippen LogP contribution >= 0.6 is 0 Å². The van der Waals surface area contributed by atoms with Crippen LogP contribution in [0.15, 0.2) is 72.8 Å². The number of carbonyl (C=O) groups excluding carboxylic acids is 2. The molecule has 3 aromatic rings. The summed E-state index contributed by atoms with van der Waals surface area (Å²) in [6.07, 6.45) is 1.28. The number of hydrogen-bond acceptors (Lipinski definition) is 4. The summed E-state index contributed by atoms with van der Waals surface area (Å²) in [6.45, 7) is 8.16. The van der Waals surface area contributed by atoms with Crippen molar-refractivity contribution >= 4 is 11.8 Å². The highest BCUT2D eigenvalue weighted by Gasteiger charge is 2.30. The van der Waals surface area contributed by atoms with E-state index < -0.39 is 6.04 Å². The maximum absolute atomic E-state index is 13.8. The predicted octanol–water partition coefficient (Wildman–Crippen LogP) is 5.11. The van der Waals surface area contributed by atoms with E-state index in [0.717, 1.165) is 28.0 Å². The van der Waals surface area contributed by atoms with Gasteiger partial charge in [-0.05, 0) is 48.1 Å². The fourth-order valence-electron chi connectivity index (χ4n) is 4.50. The second-order valence-corrected chi connectivity index (χ2v) is 10.3. The number of carbonyl (C=O) groups is 2. The number of aryl methyl sites for hydroxylation is 2. The quantitative estimate of drug-likeness (QED) is 0.386. The van der Waals surface area contributed by atoms with Crippen LogP contribution in [0.5, 0.6) is 11.5 Å². The highest BCUT2D eigenvalue weighted by Crippen LogP contribution is 2.31. The average Bonchev–Trinajstić information content (AvgIpc) is 2.93. The van der Waals surface area contributed by atoms with E-state index in [1.54, 1.807) is 4.90 Å². The lowest BCUT2D eigenvalue weighted by molar-refractivity contribution is -0.141. The smallest absolute Gasteiger partial charge is 0.243 e. The van der Waals surface area contributed by atoms with Crippen molar-refractivity contribution in [1.82, 2.24) is 10.2 Å². The van der Waals surface area contributed by atoms with Crippen LogP contribution in [0.2, 0.25) is 0 Å².